The van der Waals surface area contributed by atoms with Crippen molar-refractivity contribution in [2.75, 3.05) is 11.9 Å². The van der Waals surface area contributed by atoms with Crippen molar-refractivity contribution in [3.05, 3.63) is 81.0 Å². The predicted molar refractivity (Wildman–Crippen MR) is 117 cm³/mol. The summed E-state index contributed by atoms with van der Waals surface area (Å²) in [5, 5.41) is 20.3. The number of carbonyl (C=O) groups excluding carboxylic acids is 2. The molecule has 0 bridgehead atoms. The second kappa shape index (κ2) is 8.89. The molecule has 1 aliphatic heterocycles. The fourth-order valence-electron chi connectivity index (χ4n) is 3.66. The zero-order chi connectivity index (χ0) is 23.6. The Morgan fingerprint density at radius 2 is 1.88 bits per heavy atom. The van der Waals surface area contributed by atoms with Crippen molar-refractivity contribution in [3.63, 3.8) is 0 Å². The number of allylic oxidation sites excluding steroid dienone is 1. The third-order valence-corrected chi connectivity index (χ3v) is 5.09. The summed E-state index contributed by atoms with van der Waals surface area (Å²) in [6.07, 6.45) is -0.385. The van der Waals surface area contributed by atoms with Crippen LogP contribution in [0.3, 0.4) is 0 Å². The Morgan fingerprint density at radius 3 is 2.44 bits per heavy atom. The summed E-state index contributed by atoms with van der Waals surface area (Å²) in [5.41, 5.74) is 1.85. The minimum Gasteiger partial charge on any atom is -0.459 e. The maximum absolute atomic E-state index is 13.4. The number of carbonyl (C=O) groups is 2. The van der Waals surface area contributed by atoms with E-state index < -0.39 is 23.0 Å². The van der Waals surface area contributed by atoms with Gasteiger partial charge in [0.15, 0.2) is 0 Å². The summed E-state index contributed by atoms with van der Waals surface area (Å²) in [7, 11) is 1.56. The smallest absolute Gasteiger partial charge is 0.338 e. The van der Waals surface area contributed by atoms with Gasteiger partial charge in [-0.15, -0.1) is 0 Å². The molecular weight excluding hydrogens is 412 g/mol. The largest absolute Gasteiger partial charge is 0.459 e. The van der Waals surface area contributed by atoms with Crippen LogP contribution in [0.4, 0.5) is 16.2 Å². The first kappa shape index (κ1) is 22.5. The van der Waals surface area contributed by atoms with Gasteiger partial charge in [0, 0.05) is 24.9 Å². The van der Waals surface area contributed by atoms with E-state index >= 15 is 0 Å². The predicted octanol–water partition coefficient (Wildman–Crippen LogP) is 4.31. The summed E-state index contributed by atoms with van der Waals surface area (Å²) in [5.74, 6) is -0.587. The monoisotopic (exact) mass is 434 g/mol. The lowest BCUT2D eigenvalue weighted by molar-refractivity contribution is -0.384. The number of benzene rings is 2. The number of nitro groups is 1. The van der Waals surface area contributed by atoms with E-state index in [1.807, 2.05) is 0 Å². The van der Waals surface area contributed by atoms with Gasteiger partial charge in [-0.3, -0.25) is 15.0 Å². The van der Waals surface area contributed by atoms with E-state index in [-0.39, 0.29) is 17.4 Å². The van der Waals surface area contributed by atoms with Gasteiger partial charge in [-0.05, 0) is 50.6 Å². The molecule has 1 unspecified atom stereocenters. The molecule has 164 valence electrons. The molecule has 0 fully saturated rings. The van der Waals surface area contributed by atoms with Gasteiger partial charge in [-0.1, -0.05) is 12.1 Å². The lowest BCUT2D eigenvalue weighted by atomic mass is 9.92. The van der Waals surface area contributed by atoms with Crippen LogP contribution in [-0.2, 0) is 9.53 Å². The minimum absolute atomic E-state index is 0.112. The third kappa shape index (κ3) is 4.16. The SMILES string of the molecule is CC1=C(C(=O)OC(C)C)C(c2cccc(C#N)c2)N(C)C(=O)N1c1ccc([N+](=O)[O-])cc1. The lowest BCUT2D eigenvalue weighted by Gasteiger charge is -2.41. The van der Waals surface area contributed by atoms with Crippen LogP contribution in [0, 0.1) is 21.4 Å². The molecule has 0 aromatic heterocycles. The van der Waals surface area contributed by atoms with E-state index in [9.17, 15) is 25.0 Å². The van der Waals surface area contributed by atoms with Crippen LogP contribution >= 0.6 is 0 Å². The molecule has 32 heavy (non-hydrogen) atoms. The standard InChI is InChI=1S/C23H22N4O5/c1-14(2)32-22(28)20-15(3)26(18-8-10-19(11-9-18)27(30)31)23(29)25(4)21(20)17-7-5-6-16(12-17)13-24/h5-12,14,21H,1-4H3. The molecule has 0 aliphatic carbocycles. The summed E-state index contributed by atoms with van der Waals surface area (Å²) in [4.78, 5) is 39.7. The molecule has 2 aromatic carbocycles. The average Bonchev–Trinajstić information content (AvgIpc) is 2.76. The minimum atomic E-state index is -0.767. The normalized spacial score (nSPS) is 16.2. The van der Waals surface area contributed by atoms with Crippen molar-refractivity contribution >= 4 is 23.4 Å². The number of amides is 2. The molecule has 0 N–H and O–H groups in total. The number of hydrogen-bond donors (Lipinski definition) is 0. The van der Waals surface area contributed by atoms with Gasteiger partial charge in [0.2, 0.25) is 0 Å². The van der Waals surface area contributed by atoms with Crippen molar-refractivity contribution in [2.45, 2.75) is 32.9 Å². The molecule has 0 saturated carbocycles. The number of rotatable bonds is 5. The maximum atomic E-state index is 13.4. The Hall–Kier alpha value is -4.19. The number of nitro benzene ring substituents is 1. The molecule has 3 rings (SSSR count). The molecule has 1 atom stereocenters. The molecule has 0 spiro atoms. The number of hydrogen-bond acceptors (Lipinski definition) is 6. The highest BCUT2D eigenvalue weighted by atomic mass is 16.6. The summed E-state index contributed by atoms with van der Waals surface area (Å²) in [6.45, 7) is 5.08. The van der Waals surface area contributed by atoms with E-state index in [4.69, 9.17) is 4.74 Å². The van der Waals surface area contributed by atoms with Gasteiger partial charge >= 0.3 is 12.0 Å². The van der Waals surface area contributed by atoms with Gasteiger partial charge in [0.1, 0.15) is 0 Å². The Balaban J connectivity index is 2.19. The first-order chi connectivity index (χ1) is 15.1. The molecule has 2 amide bonds. The van der Waals surface area contributed by atoms with E-state index in [1.165, 1.54) is 34.1 Å². The summed E-state index contributed by atoms with van der Waals surface area (Å²) < 4.78 is 5.47. The van der Waals surface area contributed by atoms with Crippen LogP contribution in [0.1, 0.15) is 37.9 Å². The maximum Gasteiger partial charge on any atom is 0.338 e. The van der Waals surface area contributed by atoms with Crippen LogP contribution in [0.15, 0.2) is 59.8 Å². The van der Waals surface area contributed by atoms with E-state index in [0.29, 0.717) is 22.5 Å². The van der Waals surface area contributed by atoms with Crippen LogP contribution in [0.25, 0.3) is 0 Å². The zero-order valence-corrected chi connectivity index (χ0v) is 18.1. The summed E-state index contributed by atoms with van der Waals surface area (Å²) in [6, 6.07) is 13.1. The molecule has 9 heteroatoms. The van der Waals surface area contributed by atoms with Gasteiger partial charge < -0.3 is 9.64 Å². The Kier molecular flexibility index (Phi) is 6.25. The number of esters is 1. The Labute approximate surface area is 185 Å². The van der Waals surface area contributed by atoms with Gasteiger partial charge in [0.05, 0.1) is 40.0 Å². The van der Waals surface area contributed by atoms with Gasteiger partial charge in [-0.25, -0.2) is 9.59 Å². The second-order valence-corrected chi connectivity index (χ2v) is 7.60. The molecular formula is C23H22N4O5. The quantitative estimate of drug-likeness (QED) is 0.393. The molecule has 1 heterocycles. The van der Waals surface area contributed by atoms with Crippen LogP contribution in [0.5, 0.6) is 0 Å². The highest BCUT2D eigenvalue weighted by Crippen LogP contribution is 2.39. The number of urea groups is 1. The highest BCUT2D eigenvalue weighted by molar-refractivity contribution is 6.03. The Bertz CT molecular complexity index is 1150. The fraction of sp³-hybridized carbons (Fsp3) is 0.261. The van der Waals surface area contributed by atoms with Crippen LogP contribution in [-0.4, -0.2) is 35.0 Å². The highest BCUT2D eigenvalue weighted by Gasteiger charge is 2.41. The second-order valence-electron chi connectivity index (χ2n) is 7.60. The average molecular weight is 434 g/mol. The van der Waals surface area contributed by atoms with E-state index in [1.54, 1.807) is 52.1 Å². The number of non-ortho nitro benzene ring substituents is 1. The Morgan fingerprint density at radius 1 is 1.22 bits per heavy atom. The first-order valence-corrected chi connectivity index (χ1v) is 9.89. The molecule has 2 aromatic rings. The van der Waals surface area contributed by atoms with Crippen molar-refractivity contribution < 1.29 is 19.2 Å². The molecule has 9 nitrogen and oxygen atoms in total. The van der Waals surface area contributed by atoms with Crippen molar-refractivity contribution in [3.8, 4) is 6.07 Å². The van der Waals surface area contributed by atoms with Crippen molar-refractivity contribution in [1.82, 2.24) is 4.90 Å². The van der Waals surface area contributed by atoms with Gasteiger partial charge in [0.25, 0.3) is 5.69 Å². The van der Waals surface area contributed by atoms with Crippen molar-refractivity contribution in [1.29, 1.82) is 5.26 Å². The molecule has 1 aliphatic rings. The lowest BCUT2D eigenvalue weighted by Crippen LogP contribution is -2.49. The van der Waals surface area contributed by atoms with E-state index in [0.717, 1.165) is 0 Å². The number of nitrogens with zero attached hydrogens (tertiary/aromatic N) is 4. The van der Waals surface area contributed by atoms with Crippen LogP contribution < -0.4 is 4.90 Å². The van der Waals surface area contributed by atoms with Crippen LogP contribution in [0.2, 0.25) is 0 Å². The number of ether oxygens (including phenoxy) is 1. The van der Waals surface area contributed by atoms with Crippen molar-refractivity contribution in [2.24, 2.45) is 0 Å². The molecule has 0 radical (unpaired) electrons. The number of nitriles is 1. The van der Waals surface area contributed by atoms with Gasteiger partial charge in [-0.2, -0.15) is 5.26 Å². The number of anilines is 1. The van der Waals surface area contributed by atoms with E-state index in [2.05, 4.69) is 6.07 Å². The zero-order valence-electron chi connectivity index (χ0n) is 18.1. The number of likely N-dealkylation sites (N-methyl/N-ethyl adjacent to an activating group) is 1. The summed E-state index contributed by atoms with van der Waals surface area (Å²) >= 11 is 0. The molecule has 0 saturated heterocycles. The first-order valence-electron chi connectivity index (χ1n) is 9.89. The topological polar surface area (TPSA) is 117 Å². The fourth-order valence-corrected chi connectivity index (χ4v) is 3.66. The third-order valence-electron chi connectivity index (χ3n) is 5.09.